The Bertz CT molecular complexity index is 569. The van der Waals surface area contributed by atoms with Crippen LogP contribution >= 0.6 is 0 Å². The van der Waals surface area contributed by atoms with Crippen molar-refractivity contribution in [1.82, 2.24) is 0 Å². The molecule has 22 heavy (non-hydrogen) atoms. The summed E-state index contributed by atoms with van der Waals surface area (Å²) in [4.78, 5) is 0. The molecule has 1 nitrogen and oxygen atoms in total. The molecule has 0 aromatic heterocycles. The first-order valence-corrected chi connectivity index (χ1v) is 6.99. The van der Waals surface area contributed by atoms with Gasteiger partial charge in [0.25, 0.3) is 0 Å². The fourth-order valence-electron chi connectivity index (χ4n) is 2.03. The Morgan fingerprint density at radius 3 is 1.77 bits per heavy atom. The molecule has 2 aromatic carbocycles. The fourth-order valence-corrected chi connectivity index (χ4v) is 2.03. The Kier molecular flexibility index (Phi) is 10.9. The molecule has 0 bridgehead atoms. The van der Waals surface area contributed by atoms with Crippen molar-refractivity contribution in [2.45, 2.75) is 48.5 Å². The average molecular weight is 371 g/mol. The van der Waals surface area contributed by atoms with Gasteiger partial charge in [0.2, 0.25) is 0 Å². The van der Waals surface area contributed by atoms with Gasteiger partial charge in [-0.2, -0.15) is 34.9 Å². The molecule has 0 unspecified atom stereocenters. The summed E-state index contributed by atoms with van der Waals surface area (Å²) in [7, 11) is 0. The van der Waals surface area contributed by atoms with E-state index in [0.717, 1.165) is 5.56 Å². The van der Waals surface area contributed by atoms with Gasteiger partial charge in [-0.15, -0.1) is 5.69 Å². The molecule has 0 radical (unpaired) electrons. The molecule has 2 aromatic rings. The van der Waals surface area contributed by atoms with Crippen LogP contribution in [0.25, 0.3) is 5.73 Å². The molecule has 0 aliphatic rings. The van der Waals surface area contributed by atoms with Gasteiger partial charge < -0.3 is 13.2 Å². The molecular weight excluding hydrogens is 343 g/mol. The van der Waals surface area contributed by atoms with Crippen molar-refractivity contribution in [1.29, 1.82) is 0 Å². The maximum atomic E-state index is 7.60. The van der Waals surface area contributed by atoms with Crippen LogP contribution in [0.5, 0.6) is 0 Å². The molecule has 1 N–H and O–H groups in total. The minimum atomic E-state index is 0. The first kappa shape index (κ1) is 23.6. The van der Waals surface area contributed by atoms with Gasteiger partial charge in [-0.05, 0) is 44.4 Å². The molecule has 0 saturated carbocycles. The number of aryl methyl sites for hydroxylation is 3. The van der Waals surface area contributed by atoms with Gasteiger partial charge in [0, 0.05) is 0 Å². The summed E-state index contributed by atoms with van der Waals surface area (Å²) in [5, 5.41) is 0. The van der Waals surface area contributed by atoms with Crippen LogP contribution in [-0.4, -0.2) is 0 Å². The molecule has 0 heterocycles. The Morgan fingerprint density at radius 2 is 1.32 bits per heavy atom. The topological polar surface area (TPSA) is 23.8 Å². The van der Waals surface area contributed by atoms with E-state index in [1.807, 2.05) is 19.1 Å². The van der Waals surface area contributed by atoms with Crippen LogP contribution < -0.4 is 0 Å². The fraction of sp³-hybridized carbons (Fsp3) is 0.350. The number of hydrogen-bond donors (Lipinski definition) is 0. The van der Waals surface area contributed by atoms with Crippen molar-refractivity contribution in [3.8, 4) is 0 Å². The predicted octanol–water partition coefficient (Wildman–Crippen LogP) is 6.46. The Hall–Kier alpha value is -0.656. The Morgan fingerprint density at radius 1 is 0.773 bits per heavy atom. The van der Waals surface area contributed by atoms with Crippen LogP contribution in [0.1, 0.15) is 38.9 Å². The van der Waals surface area contributed by atoms with Crippen LogP contribution in [0.3, 0.4) is 0 Å². The van der Waals surface area contributed by atoms with Gasteiger partial charge in [-0.3, -0.25) is 0 Å². The zero-order valence-corrected chi connectivity index (χ0v) is 18.1. The van der Waals surface area contributed by atoms with Crippen molar-refractivity contribution in [2.24, 2.45) is 0 Å². The summed E-state index contributed by atoms with van der Waals surface area (Å²) in [6.07, 6.45) is 0. The molecule has 0 aliphatic heterocycles. The first-order valence-electron chi connectivity index (χ1n) is 6.99. The van der Waals surface area contributed by atoms with Crippen LogP contribution in [-0.2, 0) is 32.7 Å². The standard InChI is InChI=1S/C10H14N.C9H11.CH3.Y/c1-6-5-10(11)9(4)8(3)7(6)2;1-7-5-4-6-8(2)9(7)3;;/h5,11H,1-4H3;4-5H,1-3H3;1H3;/q3*-1;+3. The largest absolute Gasteiger partial charge is 3.00 e. The molecule has 2 heteroatoms. The first-order chi connectivity index (χ1) is 9.25. The van der Waals surface area contributed by atoms with Gasteiger partial charge in [-0.1, -0.05) is 32.4 Å². The van der Waals surface area contributed by atoms with Crippen molar-refractivity contribution >= 4 is 5.69 Å². The normalized spacial score (nSPS) is 9.05. The molecule has 2 rings (SSSR count). The van der Waals surface area contributed by atoms with E-state index >= 15 is 0 Å². The molecule has 0 saturated heterocycles. The molecule has 0 spiro atoms. The Labute approximate surface area is 162 Å². The zero-order valence-electron chi connectivity index (χ0n) is 15.3. The van der Waals surface area contributed by atoms with E-state index in [2.05, 4.69) is 53.7 Å². The number of benzene rings is 2. The third-order valence-corrected chi connectivity index (χ3v) is 4.27. The molecule has 0 amide bonds. The van der Waals surface area contributed by atoms with Crippen LogP contribution in [0.2, 0.25) is 0 Å². The Balaban J connectivity index is 0. The maximum Gasteiger partial charge on any atom is 3.00 e. The minimum Gasteiger partial charge on any atom is -0.698 e. The number of rotatable bonds is 0. The van der Waals surface area contributed by atoms with E-state index in [9.17, 15) is 0 Å². The predicted molar refractivity (Wildman–Crippen MR) is 95.3 cm³/mol. The van der Waals surface area contributed by atoms with E-state index in [4.69, 9.17) is 5.73 Å². The summed E-state index contributed by atoms with van der Waals surface area (Å²) >= 11 is 0. The van der Waals surface area contributed by atoms with Gasteiger partial charge in [0.05, 0.1) is 0 Å². The second-order valence-corrected chi connectivity index (χ2v) is 5.53. The third-order valence-electron chi connectivity index (χ3n) is 4.27. The molecule has 0 atom stereocenters. The molecule has 0 fully saturated rings. The second kappa shape index (κ2) is 10.2. The summed E-state index contributed by atoms with van der Waals surface area (Å²) in [5.74, 6) is 0. The van der Waals surface area contributed by atoms with Crippen molar-refractivity contribution < 1.29 is 32.7 Å². The second-order valence-electron chi connectivity index (χ2n) is 5.53. The quantitative estimate of drug-likeness (QED) is 0.474. The van der Waals surface area contributed by atoms with Gasteiger partial charge >= 0.3 is 32.7 Å². The SMILES string of the molecule is Cc1[c-]ccc(C)c1C.Cc1cc([NH-])c(C)c(C)c1C.[CH3-].[Y+3]. The monoisotopic (exact) mass is 371 g/mol. The smallest absolute Gasteiger partial charge is 0.698 e. The van der Waals surface area contributed by atoms with Crippen LogP contribution in [0.15, 0.2) is 18.2 Å². The average Bonchev–Trinajstić information content (AvgIpc) is 2.41. The van der Waals surface area contributed by atoms with E-state index in [0.29, 0.717) is 5.69 Å². The van der Waals surface area contributed by atoms with E-state index in [-0.39, 0.29) is 40.1 Å². The van der Waals surface area contributed by atoms with Crippen molar-refractivity contribution in [3.05, 3.63) is 76.4 Å². The van der Waals surface area contributed by atoms with E-state index in [1.165, 1.54) is 33.4 Å². The number of hydrogen-bond acceptors (Lipinski definition) is 0. The van der Waals surface area contributed by atoms with Gasteiger partial charge in [0.15, 0.2) is 0 Å². The van der Waals surface area contributed by atoms with E-state index < -0.39 is 0 Å². The molecule has 116 valence electrons. The van der Waals surface area contributed by atoms with Crippen LogP contribution in [0.4, 0.5) is 5.69 Å². The van der Waals surface area contributed by atoms with Gasteiger partial charge in [0.1, 0.15) is 0 Å². The maximum absolute atomic E-state index is 7.60. The molecule has 0 aliphatic carbocycles. The van der Waals surface area contributed by atoms with Crippen molar-refractivity contribution in [3.63, 3.8) is 0 Å². The van der Waals surface area contributed by atoms with Gasteiger partial charge in [-0.25, -0.2) is 0 Å². The molecular formula is C20H28NY. The van der Waals surface area contributed by atoms with Crippen molar-refractivity contribution in [2.75, 3.05) is 0 Å². The van der Waals surface area contributed by atoms with E-state index in [1.54, 1.807) is 0 Å². The summed E-state index contributed by atoms with van der Waals surface area (Å²) in [5.41, 5.74) is 17.1. The van der Waals surface area contributed by atoms with Crippen LogP contribution in [0, 0.1) is 62.0 Å². The minimum absolute atomic E-state index is 0. The number of nitrogens with one attached hydrogen (secondary N) is 1. The third kappa shape index (κ3) is 5.85. The summed E-state index contributed by atoms with van der Waals surface area (Å²) in [6, 6.07) is 9.12. The summed E-state index contributed by atoms with van der Waals surface area (Å²) in [6.45, 7) is 14.6. The summed E-state index contributed by atoms with van der Waals surface area (Å²) < 4.78 is 0. The zero-order chi connectivity index (χ0) is 15.4.